The van der Waals surface area contributed by atoms with E-state index in [9.17, 15) is 22.8 Å². The fourth-order valence-electron chi connectivity index (χ4n) is 2.22. The third kappa shape index (κ3) is 6.05. The number of ether oxygens (including phenoxy) is 1. The van der Waals surface area contributed by atoms with Gasteiger partial charge in [0, 0.05) is 5.56 Å². The number of amides is 1. The van der Waals surface area contributed by atoms with Crippen molar-refractivity contribution in [3.63, 3.8) is 0 Å². The van der Waals surface area contributed by atoms with Crippen molar-refractivity contribution in [2.45, 2.75) is 25.7 Å². The largest absolute Gasteiger partial charge is 0.465 e. The van der Waals surface area contributed by atoms with Gasteiger partial charge in [-0.25, -0.2) is 13.2 Å². The normalized spacial score (nSPS) is 11.4. The van der Waals surface area contributed by atoms with E-state index in [0.717, 1.165) is 0 Å². The minimum Gasteiger partial charge on any atom is -0.465 e. The molecule has 2 aromatic carbocycles. The number of hydrogen-bond acceptors (Lipinski definition) is 6. The minimum absolute atomic E-state index is 0.0120. The molecule has 0 fully saturated rings. The molecule has 2 rings (SSSR count). The van der Waals surface area contributed by atoms with Crippen LogP contribution in [0.25, 0.3) is 0 Å². The lowest BCUT2D eigenvalue weighted by Crippen LogP contribution is -2.28. The standard InChI is InChI=1S/C20H22N2O7S/c1-20(2,3)18(24)29-13-8-10-14(11-9-13)30(27,28)22-16-7-5-4-6-15(16)17(23)12-21-19(25)26/h4-11,21-22H,12H2,1-3H3,(H,25,26). The summed E-state index contributed by atoms with van der Waals surface area (Å²) in [6, 6.07) is 11.1. The zero-order chi connectivity index (χ0) is 22.5. The Kier molecular flexibility index (Phi) is 6.83. The molecule has 1 amide bonds. The van der Waals surface area contributed by atoms with Crippen molar-refractivity contribution in [2.75, 3.05) is 11.3 Å². The lowest BCUT2D eigenvalue weighted by Gasteiger charge is -2.16. The summed E-state index contributed by atoms with van der Waals surface area (Å²) in [6.45, 7) is 4.59. The predicted octanol–water partition coefficient (Wildman–Crippen LogP) is 2.89. The number of anilines is 1. The summed E-state index contributed by atoms with van der Waals surface area (Å²) < 4.78 is 32.9. The first-order valence-corrected chi connectivity index (χ1v) is 10.3. The number of esters is 1. The van der Waals surface area contributed by atoms with Crippen LogP contribution in [0.1, 0.15) is 31.1 Å². The van der Waals surface area contributed by atoms with E-state index in [1.807, 2.05) is 5.32 Å². The maximum atomic E-state index is 12.7. The number of nitrogens with one attached hydrogen (secondary N) is 2. The number of carboxylic acid groups (broad SMARTS) is 1. The molecular formula is C20H22N2O7S. The zero-order valence-electron chi connectivity index (χ0n) is 16.6. The summed E-state index contributed by atoms with van der Waals surface area (Å²) in [7, 11) is -4.05. The molecular weight excluding hydrogens is 412 g/mol. The van der Waals surface area contributed by atoms with E-state index in [-0.39, 0.29) is 21.9 Å². The van der Waals surface area contributed by atoms with Gasteiger partial charge in [-0.05, 0) is 57.2 Å². The molecule has 0 radical (unpaired) electrons. The Morgan fingerprint density at radius 2 is 1.60 bits per heavy atom. The van der Waals surface area contributed by atoms with E-state index in [4.69, 9.17) is 9.84 Å². The molecule has 0 heterocycles. The van der Waals surface area contributed by atoms with Gasteiger partial charge >= 0.3 is 12.1 Å². The van der Waals surface area contributed by atoms with Gasteiger partial charge in [-0.3, -0.25) is 14.3 Å². The van der Waals surface area contributed by atoms with Crippen LogP contribution in [0, 0.1) is 5.41 Å². The topological polar surface area (TPSA) is 139 Å². The molecule has 30 heavy (non-hydrogen) atoms. The monoisotopic (exact) mass is 434 g/mol. The first-order chi connectivity index (χ1) is 13.9. The molecule has 0 spiro atoms. The number of Topliss-reactive ketones (excluding diaryl/α,β-unsaturated/α-hetero) is 1. The lowest BCUT2D eigenvalue weighted by atomic mass is 9.97. The molecule has 2 aromatic rings. The number of para-hydroxylation sites is 1. The number of carbonyl (C=O) groups excluding carboxylic acids is 2. The molecule has 9 nitrogen and oxygen atoms in total. The summed E-state index contributed by atoms with van der Waals surface area (Å²) in [5.74, 6) is -0.858. The van der Waals surface area contributed by atoms with E-state index < -0.39 is 39.8 Å². The van der Waals surface area contributed by atoms with Gasteiger partial charge in [0.2, 0.25) is 0 Å². The van der Waals surface area contributed by atoms with Gasteiger partial charge in [0.25, 0.3) is 10.0 Å². The smallest absolute Gasteiger partial charge is 0.405 e. The molecule has 0 atom stereocenters. The number of carbonyl (C=O) groups is 3. The van der Waals surface area contributed by atoms with Gasteiger partial charge in [0.05, 0.1) is 22.5 Å². The van der Waals surface area contributed by atoms with Gasteiger partial charge in [0.15, 0.2) is 5.78 Å². The Bertz CT molecular complexity index is 1060. The van der Waals surface area contributed by atoms with E-state index in [0.29, 0.717) is 0 Å². The Morgan fingerprint density at radius 1 is 1.00 bits per heavy atom. The van der Waals surface area contributed by atoms with E-state index in [2.05, 4.69) is 4.72 Å². The molecule has 3 N–H and O–H groups in total. The second-order valence-corrected chi connectivity index (χ2v) is 9.03. The van der Waals surface area contributed by atoms with Gasteiger partial charge < -0.3 is 15.2 Å². The second-order valence-electron chi connectivity index (χ2n) is 7.34. The number of sulfonamides is 1. The van der Waals surface area contributed by atoms with Crippen molar-refractivity contribution >= 4 is 33.6 Å². The van der Waals surface area contributed by atoms with Crippen LogP contribution < -0.4 is 14.8 Å². The fourth-order valence-corrected chi connectivity index (χ4v) is 3.30. The van der Waals surface area contributed by atoms with Gasteiger partial charge in [-0.1, -0.05) is 12.1 Å². The van der Waals surface area contributed by atoms with Crippen LogP contribution in [0.15, 0.2) is 53.4 Å². The number of rotatable bonds is 7. The second kappa shape index (κ2) is 8.95. The molecule has 160 valence electrons. The highest BCUT2D eigenvalue weighted by Crippen LogP contribution is 2.24. The molecule has 0 aliphatic rings. The highest BCUT2D eigenvalue weighted by molar-refractivity contribution is 7.92. The highest BCUT2D eigenvalue weighted by Gasteiger charge is 2.24. The molecule has 0 saturated carbocycles. The maximum absolute atomic E-state index is 12.7. The molecule has 0 bridgehead atoms. The summed E-state index contributed by atoms with van der Waals surface area (Å²) >= 11 is 0. The number of benzene rings is 2. The van der Waals surface area contributed by atoms with Crippen molar-refractivity contribution in [3.05, 3.63) is 54.1 Å². The number of hydrogen-bond donors (Lipinski definition) is 3. The van der Waals surface area contributed by atoms with Crippen molar-refractivity contribution in [1.82, 2.24) is 5.32 Å². The Morgan fingerprint density at radius 3 is 2.17 bits per heavy atom. The molecule has 0 aliphatic carbocycles. The maximum Gasteiger partial charge on any atom is 0.405 e. The summed E-state index contributed by atoms with van der Waals surface area (Å²) in [5, 5.41) is 10.6. The summed E-state index contributed by atoms with van der Waals surface area (Å²) in [5.41, 5.74) is -0.679. The predicted molar refractivity (Wildman–Crippen MR) is 109 cm³/mol. The Hall–Kier alpha value is -3.40. The molecule has 0 aromatic heterocycles. The van der Waals surface area contributed by atoms with Crippen LogP contribution in [-0.2, 0) is 14.8 Å². The first kappa shape index (κ1) is 22.9. The van der Waals surface area contributed by atoms with Gasteiger partial charge in [-0.2, -0.15) is 0 Å². The summed E-state index contributed by atoms with van der Waals surface area (Å²) in [6.07, 6.45) is -1.37. The average molecular weight is 434 g/mol. The molecule has 0 aliphatic heterocycles. The van der Waals surface area contributed by atoms with Crippen molar-refractivity contribution in [2.24, 2.45) is 5.41 Å². The molecule has 0 unspecified atom stereocenters. The third-order valence-corrected chi connectivity index (χ3v) is 5.21. The van der Waals surface area contributed by atoms with E-state index >= 15 is 0 Å². The number of ketones is 1. The van der Waals surface area contributed by atoms with Gasteiger partial charge in [0.1, 0.15) is 5.75 Å². The molecule has 10 heteroatoms. The lowest BCUT2D eigenvalue weighted by molar-refractivity contribution is -0.143. The quantitative estimate of drug-likeness (QED) is 0.346. The van der Waals surface area contributed by atoms with Crippen molar-refractivity contribution in [3.8, 4) is 5.75 Å². The zero-order valence-corrected chi connectivity index (χ0v) is 17.4. The van der Waals surface area contributed by atoms with Crippen LogP contribution in [-0.4, -0.2) is 37.9 Å². The summed E-state index contributed by atoms with van der Waals surface area (Å²) in [4.78, 5) is 34.6. The average Bonchev–Trinajstić information content (AvgIpc) is 2.66. The molecule has 0 saturated heterocycles. The van der Waals surface area contributed by atoms with Crippen LogP contribution in [0.4, 0.5) is 10.5 Å². The highest BCUT2D eigenvalue weighted by atomic mass is 32.2. The van der Waals surface area contributed by atoms with E-state index in [1.54, 1.807) is 20.8 Å². The van der Waals surface area contributed by atoms with E-state index in [1.165, 1.54) is 48.5 Å². The SMILES string of the molecule is CC(C)(C)C(=O)Oc1ccc(S(=O)(=O)Nc2ccccc2C(=O)CNC(=O)O)cc1. The fraction of sp³-hybridized carbons (Fsp3) is 0.250. The van der Waals surface area contributed by atoms with Crippen LogP contribution in [0.3, 0.4) is 0 Å². The van der Waals surface area contributed by atoms with Crippen molar-refractivity contribution < 1.29 is 32.6 Å². The van der Waals surface area contributed by atoms with Crippen LogP contribution in [0.2, 0.25) is 0 Å². The third-order valence-electron chi connectivity index (χ3n) is 3.83. The first-order valence-electron chi connectivity index (χ1n) is 8.84. The van der Waals surface area contributed by atoms with Crippen molar-refractivity contribution in [1.29, 1.82) is 0 Å². The minimum atomic E-state index is -4.05. The van der Waals surface area contributed by atoms with Crippen LogP contribution >= 0.6 is 0 Å². The Labute approximate surface area is 174 Å². The van der Waals surface area contributed by atoms with Gasteiger partial charge in [-0.15, -0.1) is 0 Å². The van der Waals surface area contributed by atoms with Crippen LogP contribution in [0.5, 0.6) is 5.75 Å². The Balaban J connectivity index is 2.20.